The molecule has 1 aliphatic carbocycles. The van der Waals surface area contributed by atoms with Gasteiger partial charge in [0, 0.05) is 23.4 Å². The van der Waals surface area contributed by atoms with Crippen LogP contribution in [-0.2, 0) is 0 Å². The molecule has 0 unspecified atom stereocenters. The van der Waals surface area contributed by atoms with Crippen molar-refractivity contribution in [1.82, 2.24) is 9.97 Å². The molecule has 2 aromatic rings. The Morgan fingerprint density at radius 2 is 1.64 bits per heavy atom. The van der Waals surface area contributed by atoms with Crippen molar-refractivity contribution in [3.63, 3.8) is 0 Å². The third-order valence-corrected chi connectivity index (χ3v) is 4.11. The molecule has 0 N–H and O–H groups in total. The van der Waals surface area contributed by atoms with Crippen LogP contribution in [0.25, 0.3) is 0 Å². The second-order valence-corrected chi connectivity index (χ2v) is 6.18. The van der Waals surface area contributed by atoms with Crippen molar-refractivity contribution in [2.75, 3.05) is 6.61 Å². The van der Waals surface area contributed by atoms with Crippen molar-refractivity contribution in [1.29, 1.82) is 0 Å². The largest absolute Gasteiger partial charge is 0.463 e. The highest BCUT2D eigenvalue weighted by atomic mass is 16.5. The van der Waals surface area contributed by atoms with E-state index in [0.29, 0.717) is 12.6 Å². The highest BCUT2D eigenvalue weighted by Crippen LogP contribution is 2.37. The summed E-state index contributed by atoms with van der Waals surface area (Å²) in [5, 5.41) is 0. The molecule has 1 aliphatic rings. The van der Waals surface area contributed by atoms with E-state index in [0.717, 1.165) is 11.1 Å². The van der Waals surface area contributed by atoms with Crippen molar-refractivity contribution in [3.8, 4) is 17.9 Å². The molecular weight excluding hydrogens is 272 g/mol. The summed E-state index contributed by atoms with van der Waals surface area (Å²) in [6.45, 7) is 2.97. The number of hydrogen-bond acceptors (Lipinski definition) is 3. The average Bonchev–Trinajstić information content (AvgIpc) is 3.00. The number of hydrogen-bond donors (Lipinski definition) is 0. The van der Waals surface area contributed by atoms with E-state index in [-0.39, 0.29) is 5.41 Å². The van der Waals surface area contributed by atoms with Gasteiger partial charge in [-0.05, 0) is 25.0 Å². The fraction of sp³-hybridized carbons (Fsp3) is 0.368. The van der Waals surface area contributed by atoms with Gasteiger partial charge in [0.1, 0.15) is 0 Å². The maximum Gasteiger partial charge on any atom is 0.316 e. The highest BCUT2D eigenvalue weighted by Gasteiger charge is 2.29. The molecule has 1 fully saturated rings. The van der Waals surface area contributed by atoms with Crippen LogP contribution in [0.15, 0.2) is 42.7 Å². The third-order valence-electron chi connectivity index (χ3n) is 4.11. The first-order valence-electron chi connectivity index (χ1n) is 7.76. The van der Waals surface area contributed by atoms with Crippen LogP contribution in [0.2, 0.25) is 0 Å². The monoisotopic (exact) mass is 292 g/mol. The Morgan fingerprint density at radius 3 is 2.32 bits per heavy atom. The smallest absolute Gasteiger partial charge is 0.316 e. The Morgan fingerprint density at radius 1 is 1.00 bits per heavy atom. The molecule has 0 saturated heterocycles. The van der Waals surface area contributed by atoms with Crippen molar-refractivity contribution < 1.29 is 4.74 Å². The topological polar surface area (TPSA) is 35.0 Å². The van der Waals surface area contributed by atoms with Gasteiger partial charge in [0.2, 0.25) is 0 Å². The SMILES string of the molecule is CC1(COc2ncc(C#Cc3ccccc3)cn2)CCCC1. The fourth-order valence-electron chi connectivity index (χ4n) is 2.73. The predicted molar refractivity (Wildman–Crippen MR) is 86.5 cm³/mol. The molecule has 3 rings (SSSR count). The fourth-order valence-corrected chi connectivity index (χ4v) is 2.73. The van der Waals surface area contributed by atoms with Gasteiger partial charge < -0.3 is 4.74 Å². The van der Waals surface area contributed by atoms with E-state index in [1.165, 1.54) is 25.7 Å². The molecule has 112 valence electrons. The third kappa shape index (κ3) is 3.85. The van der Waals surface area contributed by atoms with Crippen LogP contribution < -0.4 is 4.74 Å². The zero-order chi connectivity index (χ0) is 15.3. The van der Waals surface area contributed by atoms with Gasteiger partial charge in [-0.2, -0.15) is 0 Å². The first-order chi connectivity index (χ1) is 10.7. The van der Waals surface area contributed by atoms with Crippen molar-refractivity contribution >= 4 is 0 Å². The van der Waals surface area contributed by atoms with E-state index in [4.69, 9.17) is 4.74 Å². The molecule has 0 amide bonds. The van der Waals surface area contributed by atoms with Gasteiger partial charge in [0.25, 0.3) is 0 Å². The summed E-state index contributed by atoms with van der Waals surface area (Å²) >= 11 is 0. The molecule has 0 radical (unpaired) electrons. The predicted octanol–water partition coefficient (Wildman–Crippen LogP) is 3.84. The molecule has 3 heteroatoms. The van der Waals surface area contributed by atoms with E-state index in [2.05, 4.69) is 28.7 Å². The van der Waals surface area contributed by atoms with Crippen molar-refractivity contribution in [3.05, 3.63) is 53.9 Å². The average molecular weight is 292 g/mol. The number of ether oxygens (including phenoxy) is 1. The summed E-state index contributed by atoms with van der Waals surface area (Å²) < 4.78 is 5.74. The van der Waals surface area contributed by atoms with E-state index in [1.807, 2.05) is 30.3 Å². The van der Waals surface area contributed by atoms with Gasteiger partial charge in [-0.15, -0.1) is 0 Å². The molecule has 0 aliphatic heterocycles. The first-order valence-corrected chi connectivity index (χ1v) is 7.76. The molecule has 1 aromatic heterocycles. The zero-order valence-corrected chi connectivity index (χ0v) is 12.9. The molecule has 3 nitrogen and oxygen atoms in total. The van der Waals surface area contributed by atoms with Gasteiger partial charge in [-0.3, -0.25) is 0 Å². The molecule has 1 aromatic carbocycles. The zero-order valence-electron chi connectivity index (χ0n) is 12.9. The van der Waals surface area contributed by atoms with Crippen LogP contribution in [-0.4, -0.2) is 16.6 Å². The number of nitrogens with zero attached hydrogens (tertiary/aromatic N) is 2. The first kappa shape index (κ1) is 14.6. The van der Waals surface area contributed by atoms with Crippen LogP contribution >= 0.6 is 0 Å². The Hall–Kier alpha value is -2.34. The summed E-state index contributed by atoms with van der Waals surface area (Å²) in [5.74, 6) is 6.15. The maximum absolute atomic E-state index is 5.74. The van der Waals surface area contributed by atoms with Crippen molar-refractivity contribution in [2.45, 2.75) is 32.6 Å². The van der Waals surface area contributed by atoms with Gasteiger partial charge in [0.15, 0.2) is 0 Å². The molecule has 0 bridgehead atoms. The normalized spacial score (nSPS) is 15.9. The van der Waals surface area contributed by atoms with Crippen LogP contribution in [0, 0.1) is 17.3 Å². The summed E-state index contributed by atoms with van der Waals surface area (Å²) in [6, 6.07) is 10.3. The highest BCUT2D eigenvalue weighted by molar-refractivity contribution is 5.40. The summed E-state index contributed by atoms with van der Waals surface area (Å²) in [7, 11) is 0. The maximum atomic E-state index is 5.74. The minimum absolute atomic E-state index is 0.287. The van der Waals surface area contributed by atoms with Gasteiger partial charge in [0.05, 0.1) is 12.2 Å². The Bertz CT molecular complexity index is 662. The van der Waals surface area contributed by atoms with E-state index in [9.17, 15) is 0 Å². The minimum atomic E-state index is 0.287. The number of benzene rings is 1. The van der Waals surface area contributed by atoms with Crippen LogP contribution in [0.3, 0.4) is 0 Å². The van der Waals surface area contributed by atoms with E-state index < -0.39 is 0 Å². The number of aromatic nitrogens is 2. The Balaban J connectivity index is 1.60. The molecule has 1 saturated carbocycles. The Labute approximate surface area is 131 Å². The minimum Gasteiger partial charge on any atom is -0.463 e. The van der Waals surface area contributed by atoms with Crippen LogP contribution in [0.4, 0.5) is 0 Å². The Kier molecular flexibility index (Phi) is 4.39. The van der Waals surface area contributed by atoms with Gasteiger partial charge >= 0.3 is 6.01 Å². The van der Waals surface area contributed by atoms with Crippen molar-refractivity contribution in [2.24, 2.45) is 5.41 Å². The van der Waals surface area contributed by atoms with E-state index >= 15 is 0 Å². The van der Waals surface area contributed by atoms with Crippen LogP contribution in [0.1, 0.15) is 43.7 Å². The lowest BCUT2D eigenvalue weighted by molar-refractivity contribution is 0.157. The summed E-state index contributed by atoms with van der Waals surface area (Å²) in [5.41, 5.74) is 2.06. The molecule has 1 heterocycles. The second-order valence-electron chi connectivity index (χ2n) is 6.18. The summed E-state index contributed by atoms with van der Waals surface area (Å²) in [4.78, 5) is 8.49. The van der Waals surface area contributed by atoms with Gasteiger partial charge in [-0.25, -0.2) is 9.97 Å². The molecule has 0 atom stereocenters. The quantitative estimate of drug-likeness (QED) is 0.806. The molecular formula is C19H20N2O. The second kappa shape index (κ2) is 6.62. The standard InChI is InChI=1S/C19H20N2O/c1-19(11-5-6-12-19)15-22-18-20-13-17(14-21-18)10-9-16-7-3-2-4-8-16/h2-4,7-8,13-14H,5-6,11-12,15H2,1H3. The van der Waals surface area contributed by atoms with Gasteiger partial charge in [-0.1, -0.05) is 49.8 Å². The van der Waals surface area contributed by atoms with E-state index in [1.54, 1.807) is 12.4 Å². The molecule has 22 heavy (non-hydrogen) atoms. The lowest BCUT2D eigenvalue weighted by Gasteiger charge is -2.22. The lowest BCUT2D eigenvalue weighted by atomic mass is 9.90. The number of rotatable bonds is 3. The lowest BCUT2D eigenvalue weighted by Crippen LogP contribution is -2.21. The summed E-state index contributed by atoms with van der Waals surface area (Å²) in [6.07, 6.45) is 8.50. The van der Waals surface area contributed by atoms with Crippen LogP contribution in [0.5, 0.6) is 6.01 Å². The molecule has 0 spiro atoms.